The molecule has 19 heavy (non-hydrogen) atoms. The Labute approximate surface area is 118 Å². The van der Waals surface area contributed by atoms with E-state index in [2.05, 4.69) is 42.0 Å². The van der Waals surface area contributed by atoms with Crippen LogP contribution in [0.1, 0.15) is 28.1 Å². The van der Waals surface area contributed by atoms with Gasteiger partial charge in [0.05, 0.1) is 0 Å². The first-order valence-electron chi connectivity index (χ1n) is 6.30. The van der Waals surface area contributed by atoms with Crippen molar-refractivity contribution in [2.24, 2.45) is 5.73 Å². The van der Waals surface area contributed by atoms with Crippen LogP contribution < -0.4 is 5.73 Å². The van der Waals surface area contributed by atoms with Gasteiger partial charge in [0, 0.05) is 23.5 Å². The van der Waals surface area contributed by atoms with Crippen molar-refractivity contribution in [2.75, 3.05) is 0 Å². The average molecular weight is 273 g/mol. The molecular weight excluding hydrogens is 254 g/mol. The first-order chi connectivity index (χ1) is 8.99. The largest absolute Gasteiger partial charge is 0.326 e. The van der Waals surface area contributed by atoms with E-state index in [1.165, 1.54) is 11.1 Å². The van der Waals surface area contributed by atoms with E-state index in [1.54, 1.807) is 11.8 Å². The number of aromatic nitrogens is 2. The first kappa shape index (κ1) is 14.0. The van der Waals surface area contributed by atoms with Gasteiger partial charge in [0.2, 0.25) is 0 Å². The Hall–Kier alpha value is -1.39. The summed E-state index contributed by atoms with van der Waals surface area (Å²) in [7, 11) is 0. The molecule has 0 unspecified atom stereocenters. The van der Waals surface area contributed by atoms with Crippen molar-refractivity contribution in [3.05, 3.63) is 46.3 Å². The predicted octanol–water partition coefficient (Wildman–Crippen LogP) is 3.32. The standard InChI is InChI=1S/C15H19N3S/c1-9-5-11(3)17-14(6-9)19-15-13(8-16)10(2)7-12(4)18-15/h5-7H,8,16H2,1-4H3. The highest BCUT2D eigenvalue weighted by molar-refractivity contribution is 7.99. The van der Waals surface area contributed by atoms with Crippen LogP contribution in [-0.4, -0.2) is 9.97 Å². The van der Waals surface area contributed by atoms with Gasteiger partial charge in [-0.1, -0.05) is 0 Å². The van der Waals surface area contributed by atoms with Gasteiger partial charge in [0.25, 0.3) is 0 Å². The second kappa shape index (κ2) is 5.72. The Balaban J connectivity index is 2.42. The maximum absolute atomic E-state index is 5.84. The third-order valence-corrected chi connectivity index (χ3v) is 3.87. The van der Waals surface area contributed by atoms with Gasteiger partial charge in [-0.2, -0.15) is 0 Å². The summed E-state index contributed by atoms with van der Waals surface area (Å²) in [6.07, 6.45) is 0. The van der Waals surface area contributed by atoms with Crippen LogP contribution in [0.25, 0.3) is 0 Å². The molecular formula is C15H19N3S. The molecule has 0 aliphatic carbocycles. The molecule has 100 valence electrons. The van der Waals surface area contributed by atoms with Crippen LogP contribution in [-0.2, 0) is 6.54 Å². The lowest BCUT2D eigenvalue weighted by Crippen LogP contribution is -2.04. The van der Waals surface area contributed by atoms with Crippen LogP contribution in [0, 0.1) is 27.7 Å². The zero-order chi connectivity index (χ0) is 14.0. The molecule has 0 radical (unpaired) electrons. The number of pyridine rings is 2. The van der Waals surface area contributed by atoms with Crippen LogP contribution in [0.4, 0.5) is 0 Å². The maximum Gasteiger partial charge on any atom is 0.107 e. The van der Waals surface area contributed by atoms with Gasteiger partial charge >= 0.3 is 0 Å². The molecule has 2 aromatic heterocycles. The van der Waals surface area contributed by atoms with E-state index in [4.69, 9.17) is 5.73 Å². The molecule has 4 heteroatoms. The van der Waals surface area contributed by atoms with Crippen LogP contribution in [0.15, 0.2) is 28.3 Å². The highest BCUT2D eigenvalue weighted by Crippen LogP contribution is 2.30. The Morgan fingerprint density at radius 2 is 1.68 bits per heavy atom. The van der Waals surface area contributed by atoms with E-state index in [0.29, 0.717) is 6.54 Å². The fraction of sp³-hybridized carbons (Fsp3) is 0.333. The average Bonchev–Trinajstić information content (AvgIpc) is 2.26. The molecule has 0 saturated carbocycles. The number of nitrogens with two attached hydrogens (primary N) is 1. The minimum absolute atomic E-state index is 0.506. The number of aryl methyl sites for hydroxylation is 4. The summed E-state index contributed by atoms with van der Waals surface area (Å²) in [6.45, 7) is 8.68. The van der Waals surface area contributed by atoms with E-state index < -0.39 is 0 Å². The third kappa shape index (κ3) is 3.33. The molecule has 0 atom stereocenters. The molecule has 3 nitrogen and oxygen atoms in total. The van der Waals surface area contributed by atoms with Crippen LogP contribution in [0.3, 0.4) is 0 Å². The van der Waals surface area contributed by atoms with Gasteiger partial charge in [-0.25, -0.2) is 9.97 Å². The van der Waals surface area contributed by atoms with E-state index in [-0.39, 0.29) is 0 Å². The molecule has 0 fully saturated rings. The minimum atomic E-state index is 0.506. The lowest BCUT2D eigenvalue weighted by Gasteiger charge is -2.11. The lowest BCUT2D eigenvalue weighted by atomic mass is 10.1. The maximum atomic E-state index is 5.84. The number of rotatable bonds is 3. The van der Waals surface area contributed by atoms with Crippen LogP contribution >= 0.6 is 11.8 Å². The number of hydrogen-bond acceptors (Lipinski definition) is 4. The zero-order valence-electron chi connectivity index (χ0n) is 11.8. The molecule has 2 rings (SSSR count). The molecule has 2 N–H and O–H groups in total. The van der Waals surface area contributed by atoms with Crippen LogP contribution in [0.5, 0.6) is 0 Å². The molecule has 0 spiro atoms. The molecule has 0 aliphatic heterocycles. The number of hydrogen-bond donors (Lipinski definition) is 1. The quantitative estimate of drug-likeness (QED) is 0.932. The summed E-state index contributed by atoms with van der Waals surface area (Å²) in [5.74, 6) is 0. The van der Waals surface area contributed by atoms with E-state index in [0.717, 1.165) is 27.0 Å². The van der Waals surface area contributed by atoms with Crippen LogP contribution in [0.2, 0.25) is 0 Å². The topological polar surface area (TPSA) is 51.8 Å². The second-order valence-corrected chi connectivity index (χ2v) is 5.80. The van der Waals surface area contributed by atoms with Gasteiger partial charge in [0.15, 0.2) is 0 Å². The molecule has 0 aromatic carbocycles. The zero-order valence-corrected chi connectivity index (χ0v) is 12.6. The van der Waals surface area contributed by atoms with Gasteiger partial charge in [0.1, 0.15) is 10.1 Å². The van der Waals surface area contributed by atoms with Gasteiger partial charge in [-0.15, -0.1) is 0 Å². The fourth-order valence-electron chi connectivity index (χ4n) is 2.12. The Bertz CT molecular complexity index is 588. The summed E-state index contributed by atoms with van der Waals surface area (Å²) in [5, 5.41) is 1.95. The van der Waals surface area contributed by atoms with Gasteiger partial charge < -0.3 is 5.73 Å². The van der Waals surface area contributed by atoms with Gasteiger partial charge in [-0.3, -0.25) is 0 Å². The highest BCUT2D eigenvalue weighted by atomic mass is 32.2. The molecule has 2 heterocycles. The highest BCUT2D eigenvalue weighted by Gasteiger charge is 2.10. The number of nitrogens with zero attached hydrogens (tertiary/aromatic N) is 2. The predicted molar refractivity (Wildman–Crippen MR) is 79.4 cm³/mol. The van der Waals surface area contributed by atoms with Crippen molar-refractivity contribution in [3.63, 3.8) is 0 Å². The van der Waals surface area contributed by atoms with Crippen molar-refractivity contribution in [3.8, 4) is 0 Å². The van der Waals surface area contributed by atoms with Crippen molar-refractivity contribution in [1.29, 1.82) is 0 Å². The lowest BCUT2D eigenvalue weighted by molar-refractivity contribution is 0.918. The second-order valence-electron chi connectivity index (χ2n) is 4.79. The van der Waals surface area contributed by atoms with Gasteiger partial charge in [-0.05, 0) is 68.8 Å². The van der Waals surface area contributed by atoms with E-state index in [9.17, 15) is 0 Å². The van der Waals surface area contributed by atoms with E-state index >= 15 is 0 Å². The normalized spacial score (nSPS) is 10.8. The summed E-state index contributed by atoms with van der Waals surface area (Å²) in [6, 6.07) is 6.22. The van der Waals surface area contributed by atoms with Crippen molar-refractivity contribution in [1.82, 2.24) is 9.97 Å². The molecule has 0 amide bonds. The van der Waals surface area contributed by atoms with Crippen molar-refractivity contribution in [2.45, 2.75) is 44.3 Å². The fourth-order valence-corrected chi connectivity index (χ4v) is 3.31. The SMILES string of the molecule is Cc1cc(C)nc(Sc2nc(C)cc(C)c2CN)c1. The smallest absolute Gasteiger partial charge is 0.107 e. The third-order valence-electron chi connectivity index (χ3n) is 2.92. The molecule has 0 aliphatic rings. The van der Waals surface area contributed by atoms with E-state index in [1.807, 2.05) is 13.8 Å². The Morgan fingerprint density at radius 3 is 2.32 bits per heavy atom. The minimum Gasteiger partial charge on any atom is -0.326 e. The summed E-state index contributed by atoms with van der Waals surface area (Å²) < 4.78 is 0. The Kier molecular flexibility index (Phi) is 4.22. The Morgan fingerprint density at radius 1 is 1.00 bits per heavy atom. The van der Waals surface area contributed by atoms with Crippen molar-refractivity contribution < 1.29 is 0 Å². The molecule has 0 bridgehead atoms. The first-order valence-corrected chi connectivity index (χ1v) is 7.11. The van der Waals surface area contributed by atoms with Crippen molar-refractivity contribution >= 4 is 11.8 Å². The monoisotopic (exact) mass is 273 g/mol. The molecule has 2 aromatic rings. The summed E-state index contributed by atoms with van der Waals surface area (Å²) in [4.78, 5) is 9.15. The summed E-state index contributed by atoms with van der Waals surface area (Å²) >= 11 is 1.59. The summed E-state index contributed by atoms with van der Waals surface area (Å²) in [5.41, 5.74) is 11.4. The molecule has 0 saturated heterocycles.